The topological polar surface area (TPSA) is 106 Å². The fourth-order valence-corrected chi connectivity index (χ4v) is 5.74. The molecule has 2 aromatic rings. The molecule has 1 saturated heterocycles. The summed E-state index contributed by atoms with van der Waals surface area (Å²) in [6.07, 6.45) is 1.24. The number of carbonyl (C=O) groups is 1. The Morgan fingerprint density at radius 1 is 1.17 bits per heavy atom. The number of hydrogen-bond donors (Lipinski definition) is 1. The van der Waals surface area contributed by atoms with Gasteiger partial charge >= 0.3 is 0 Å². The molecular formula is C19H25N5O4S. The Bertz CT molecular complexity index is 1000. The highest BCUT2D eigenvalue weighted by Crippen LogP contribution is 2.34. The van der Waals surface area contributed by atoms with E-state index in [1.54, 1.807) is 35.7 Å². The Morgan fingerprint density at radius 3 is 2.59 bits per heavy atom. The zero-order valence-corrected chi connectivity index (χ0v) is 17.4. The summed E-state index contributed by atoms with van der Waals surface area (Å²) >= 11 is 0. The Morgan fingerprint density at radius 2 is 1.90 bits per heavy atom. The van der Waals surface area contributed by atoms with Gasteiger partial charge in [0.25, 0.3) is 5.91 Å². The van der Waals surface area contributed by atoms with Crippen molar-refractivity contribution in [1.29, 1.82) is 0 Å². The van der Waals surface area contributed by atoms with E-state index in [0.29, 0.717) is 43.9 Å². The van der Waals surface area contributed by atoms with Gasteiger partial charge in [0.1, 0.15) is 11.6 Å². The number of methoxy groups -OCH3 is 1. The van der Waals surface area contributed by atoms with Crippen molar-refractivity contribution in [2.45, 2.75) is 26.3 Å². The number of amides is 1. The number of hydrogen-bond acceptors (Lipinski definition) is 6. The second kappa shape index (κ2) is 7.75. The van der Waals surface area contributed by atoms with Gasteiger partial charge in [0, 0.05) is 31.7 Å². The lowest BCUT2D eigenvalue weighted by molar-refractivity contribution is 0.100. The van der Waals surface area contributed by atoms with Gasteiger partial charge in [-0.25, -0.2) is 12.7 Å². The molecule has 0 unspecified atom stereocenters. The van der Waals surface area contributed by atoms with E-state index in [9.17, 15) is 13.2 Å². The maximum absolute atomic E-state index is 12.7. The highest BCUT2D eigenvalue weighted by molar-refractivity contribution is 7.89. The summed E-state index contributed by atoms with van der Waals surface area (Å²) in [4.78, 5) is 12.7. The molecule has 3 heterocycles. The second-order valence-electron chi connectivity index (χ2n) is 7.59. The first-order valence-corrected chi connectivity index (χ1v) is 11.4. The third-order valence-corrected chi connectivity index (χ3v) is 7.65. The molecule has 4 rings (SSSR count). The minimum atomic E-state index is -3.21. The minimum absolute atomic E-state index is 0.165. The van der Waals surface area contributed by atoms with Crippen molar-refractivity contribution in [2.75, 3.05) is 31.3 Å². The molecule has 1 fully saturated rings. The number of carbonyl (C=O) groups excluding carboxylic acids is 1. The van der Waals surface area contributed by atoms with Crippen LogP contribution < -0.4 is 10.1 Å². The summed E-state index contributed by atoms with van der Waals surface area (Å²) in [6, 6.07) is 7.05. The monoisotopic (exact) mass is 419 g/mol. The molecule has 0 saturated carbocycles. The van der Waals surface area contributed by atoms with E-state index in [-0.39, 0.29) is 29.3 Å². The van der Waals surface area contributed by atoms with Gasteiger partial charge in [-0.2, -0.15) is 0 Å². The number of fused-ring (bicyclic) bond motifs is 2. The van der Waals surface area contributed by atoms with Crippen LogP contribution in [-0.2, 0) is 23.0 Å². The van der Waals surface area contributed by atoms with E-state index in [2.05, 4.69) is 15.5 Å². The Balaban J connectivity index is 1.48. The van der Waals surface area contributed by atoms with Crippen LogP contribution in [0.2, 0.25) is 0 Å². The van der Waals surface area contributed by atoms with Crippen LogP contribution in [0.25, 0.3) is 0 Å². The normalized spacial score (nSPS) is 21.4. The van der Waals surface area contributed by atoms with E-state index in [1.807, 2.05) is 11.5 Å². The van der Waals surface area contributed by atoms with E-state index in [1.165, 1.54) is 0 Å². The minimum Gasteiger partial charge on any atom is -0.497 e. The van der Waals surface area contributed by atoms with Crippen molar-refractivity contribution in [3.63, 3.8) is 0 Å². The van der Waals surface area contributed by atoms with Crippen molar-refractivity contribution >= 4 is 21.6 Å². The standard InChI is InChI=1S/C19H25N5O4S/c1-3-8-29(26,27)23-10-13-9-17-21-22-18(24(17)12-14(13)11-23)19(25)20-15-4-6-16(28-2)7-5-15/h4-7,13-14H,3,8-12H2,1-2H3,(H,20,25)/t13-,14-/m0/s1. The Hall–Kier alpha value is -2.46. The fraction of sp³-hybridized carbons (Fsp3) is 0.526. The van der Waals surface area contributed by atoms with Crippen molar-refractivity contribution in [2.24, 2.45) is 11.8 Å². The number of nitrogens with zero attached hydrogens (tertiary/aromatic N) is 4. The first kappa shape index (κ1) is 19.8. The smallest absolute Gasteiger partial charge is 0.293 e. The Kier molecular flexibility index (Phi) is 5.30. The first-order valence-electron chi connectivity index (χ1n) is 9.76. The molecule has 2 atom stereocenters. The lowest BCUT2D eigenvalue weighted by atomic mass is 9.89. The number of rotatable bonds is 6. The molecule has 1 amide bonds. The number of benzene rings is 1. The van der Waals surface area contributed by atoms with Crippen molar-refractivity contribution in [3.05, 3.63) is 35.9 Å². The summed E-state index contributed by atoms with van der Waals surface area (Å²) in [5.41, 5.74) is 0.638. The molecule has 2 aliphatic heterocycles. The van der Waals surface area contributed by atoms with Gasteiger partial charge in [0.05, 0.1) is 12.9 Å². The van der Waals surface area contributed by atoms with Crippen LogP contribution in [0.1, 0.15) is 29.8 Å². The highest BCUT2D eigenvalue weighted by Gasteiger charge is 2.42. The molecule has 29 heavy (non-hydrogen) atoms. The Labute approximate surface area is 170 Å². The third kappa shape index (κ3) is 3.86. The average molecular weight is 420 g/mol. The largest absolute Gasteiger partial charge is 0.497 e. The number of ether oxygens (including phenoxy) is 1. The van der Waals surface area contributed by atoms with Crippen LogP contribution in [0.15, 0.2) is 24.3 Å². The van der Waals surface area contributed by atoms with Gasteiger partial charge in [0.15, 0.2) is 0 Å². The molecule has 1 N–H and O–H groups in total. The molecule has 156 valence electrons. The molecule has 0 bridgehead atoms. The second-order valence-corrected chi connectivity index (χ2v) is 9.68. The molecule has 1 aromatic carbocycles. The highest BCUT2D eigenvalue weighted by atomic mass is 32.2. The summed E-state index contributed by atoms with van der Waals surface area (Å²) < 4.78 is 33.4. The van der Waals surface area contributed by atoms with Gasteiger partial charge in [-0.1, -0.05) is 6.92 Å². The van der Waals surface area contributed by atoms with Gasteiger partial charge in [-0.3, -0.25) is 4.79 Å². The summed E-state index contributed by atoms with van der Waals surface area (Å²) in [6.45, 7) is 3.43. The van der Waals surface area contributed by atoms with E-state index in [4.69, 9.17) is 4.74 Å². The predicted molar refractivity (Wildman–Crippen MR) is 107 cm³/mol. The van der Waals surface area contributed by atoms with Crippen molar-refractivity contribution in [3.8, 4) is 5.75 Å². The van der Waals surface area contributed by atoms with Crippen molar-refractivity contribution < 1.29 is 17.9 Å². The SMILES string of the molecule is CCCS(=O)(=O)N1C[C@@H]2Cc3nnc(C(=O)Nc4ccc(OC)cc4)n3C[C@@H]2C1. The van der Waals surface area contributed by atoms with Crippen LogP contribution in [0.5, 0.6) is 5.75 Å². The fourth-order valence-electron chi connectivity index (χ4n) is 4.12. The zero-order valence-electron chi connectivity index (χ0n) is 16.5. The van der Waals surface area contributed by atoms with E-state index in [0.717, 1.165) is 5.82 Å². The van der Waals surface area contributed by atoms with Crippen LogP contribution in [0, 0.1) is 11.8 Å². The molecule has 2 aliphatic rings. The van der Waals surface area contributed by atoms with Gasteiger partial charge in [-0.15, -0.1) is 10.2 Å². The van der Waals surface area contributed by atoms with Crippen LogP contribution in [0.4, 0.5) is 5.69 Å². The van der Waals surface area contributed by atoms with Crippen LogP contribution >= 0.6 is 0 Å². The molecule has 0 radical (unpaired) electrons. The number of anilines is 1. The quantitative estimate of drug-likeness (QED) is 0.758. The predicted octanol–water partition coefficient (Wildman–Crippen LogP) is 1.38. The number of aromatic nitrogens is 3. The molecule has 0 spiro atoms. The summed E-state index contributed by atoms with van der Waals surface area (Å²) in [5.74, 6) is 1.92. The number of sulfonamides is 1. The van der Waals surface area contributed by atoms with Gasteiger partial charge in [0.2, 0.25) is 15.8 Å². The first-order chi connectivity index (χ1) is 13.9. The van der Waals surface area contributed by atoms with Crippen LogP contribution in [0.3, 0.4) is 0 Å². The third-order valence-electron chi connectivity index (χ3n) is 5.64. The summed E-state index contributed by atoms with van der Waals surface area (Å²) in [5, 5.41) is 11.1. The lowest BCUT2D eigenvalue weighted by Crippen LogP contribution is -2.31. The zero-order chi connectivity index (χ0) is 20.6. The molecule has 1 aromatic heterocycles. The molecule has 10 heteroatoms. The molecular weight excluding hydrogens is 394 g/mol. The van der Waals surface area contributed by atoms with Gasteiger partial charge in [-0.05, 0) is 42.5 Å². The van der Waals surface area contributed by atoms with E-state index >= 15 is 0 Å². The van der Waals surface area contributed by atoms with Crippen molar-refractivity contribution in [1.82, 2.24) is 19.1 Å². The summed E-state index contributed by atoms with van der Waals surface area (Å²) in [7, 11) is -1.63. The van der Waals surface area contributed by atoms with Crippen LogP contribution in [-0.4, -0.2) is 59.3 Å². The molecule has 0 aliphatic carbocycles. The van der Waals surface area contributed by atoms with E-state index < -0.39 is 10.0 Å². The van der Waals surface area contributed by atoms with Gasteiger partial charge < -0.3 is 14.6 Å². The molecule has 9 nitrogen and oxygen atoms in total. The number of nitrogens with one attached hydrogen (secondary N) is 1. The maximum Gasteiger partial charge on any atom is 0.293 e. The lowest BCUT2D eigenvalue weighted by Gasteiger charge is -2.25. The maximum atomic E-state index is 12.7. The average Bonchev–Trinajstić information content (AvgIpc) is 3.30.